The molecule has 1 aromatic heterocycles. The molecule has 29 heavy (non-hydrogen) atoms. The molecule has 0 aliphatic carbocycles. The molecule has 148 valence electrons. The molecular weight excluding hydrogens is 437 g/mol. The van der Waals surface area contributed by atoms with Crippen molar-refractivity contribution in [2.24, 2.45) is 5.10 Å². The molecule has 3 rings (SSSR count). The van der Waals surface area contributed by atoms with Crippen molar-refractivity contribution in [1.82, 2.24) is 5.43 Å². The van der Waals surface area contributed by atoms with Crippen LogP contribution in [0, 0.1) is 6.92 Å². The third-order valence-electron chi connectivity index (χ3n) is 3.83. The van der Waals surface area contributed by atoms with Crippen LogP contribution >= 0.6 is 34.8 Å². The maximum absolute atomic E-state index is 12.0. The first-order chi connectivity index (χ1) is 13.8. The number of furan rings is 1. The van der Waals surface area contributed by atoms with Crippen molar-refractivity contribution in [3.05, 3.63) is 74.9 Å². The first kappa shape index (κ1) is 20.9. The number of carbonyl (C=O) groups excluding carboxylic acids is 2. The Kier molecular flexibility index (Phi) is 6.59. The number of aryl methyl sites for hydroxylation is 1. The molecule has 1 heterocycles. The van der Waals surface area contributed by atoms with Crippen molar-refractivity contribution in [2.45, 2.75) is 6.92 Å². The van der Waals surface area contributed by atoms with E-state index in [9.17, 15) is 9.59 Å². The minimum Gasteiger partial charge on any atom is -0.455 e. The highest BCUT2D eigenvalue weighted by Gasteiger charge is 2.14. The fraction of sp³-hybridized carbons (Fsp3) is 0.0500. The lowest BCUT2D eigenvalue weighted by atomic mass is 10.2. The van der Waals surface area contributed by atoms with Gasteiger partial charge in [0.05, 0.1) is 16.3 Å². The summed E-state index contributed by atoms with van der Waals surface area (Å²) in [5.41, 5.74) is 4.09. The van der Waals surface area contributed by atoms with Crippen molar-refractivity contribution in [2.75, 3.05) is 5.32 Å². The van der Waals surface area contributed by atoms with Gasteiger partial charge in [0.25, 0.3) is 0 Å². The lowest BCUT2D eigenvalue weighted by Crippen LogP contribution is -2.32. The molecule has 0 spiro atoms. The van der Waals surface area contributed by atoms with Gasteiger partial charge in [-0.05, 0) is 61.0 Å². The lowest BCUT2D eigenvalue weighted by Gasteiger charge is -2.07. The average Bonchev–Trinajstić information content (AvgIpc) is 3.15. The molecule has 2 amide bonds. The van der Waals surface area contributed by atoms with Crippen LogP contribution in [0.3, 0.4) is 0 Å². The molecular formula is C20H14Cl3N3O3. The van der Waals surface area contributed by atoms with Gasteiger partial charge in [0.2, 0.25) is 0 Å². The number of hydrogen-bond donors (Lipinski definition) is 2. The molecule has 0 saturated carbocycles. The number of nitrogens with zero attached hydrogens (tertiary/aromatic N) is 1. The van der Waals surface area contributed by atoms with E-state index in [4.69, 9.17) is 39.2 Å². The Labute approximate surface area is 181 Å². The molecule has 0 bridgehead atoms. The van der Waals surface area contributed by atoms with Crippen LogP contribution in [0.2, 0.25) is 15.1 Å². The summed E-state index contributed by atoms with van der Waals surface area (Å²) >= 11 is 17.8. The van der Waals surface area contributed by atoms with Crippen LogP contribution in [-0.4, -0.2) is 18.0 Å². The Bertz CT molecular complexity index is 1110. The predicted octanol–water partition coefficient (Wildman–Crippen LogP) is 5.30. The highest BCUT2D eigenvalue weighted by atomic mass is 35.5. The molecule has 0 unspecified atom stereocenters. The molecule has 0 radical (unpaired) electrons. The van der Waals surface area contributed by atoms with Gasteiger partial charge >= 0.3 is 11.8 Å². The van der Waals surface area contributed by atoms with E-state index in [1.165, 1.54) is 6.21 Å². The highest BCUT2D eigenvalue weighted by molar-refractivity contribution is 6.42. The fourth-order valence-electron chi connectivity index (χ4n) is 2.38. The molecule has 0 aliphatic heterocycles. The Morgan fingerprint density at radius 2 is 1.76 bits per heavy atom. The number of nitrogens with one attached hydrogen (secondary N) is 2. The quantitative estimate of drug-likeness (QED) is 0.321. The topological polar surface area (TPSA) is 83.7 Å². The largest absolute Gasteiger partial charge is 0.455 e. The van der Waals surface area contributed by atoms with Crippen LogP contribution in [0.15, 0.2) is 58.0 Å². The van der Waals surface area contributed by atoms with E-state index in [2.05, 4.69) is 15.8 Å². The SMILES string of the molecule is Cc1cc(Cl)ccc1NC(=O)C(=O)N/N=C/c1ccc(-c2ccc(Cl)c(Cl)c2)o1. The number of hydrogen-bond acceptors (Lipinski definition) is 4. The molecule has 0 saturated heterocycles. The molecule has 6 nitrogen and oxygen atoms in total. The Hall–Kier alpha value is -2.80. The maximum atomic E-state index is 12.0. The van der Waals surface area contributed by atoms with Crippen molar-refractivity contribution in [1.29, 1.82) is 0 Å². The monoisotopic (exact) mass is 449 g/mol. The summed E-state index contributed by atoms with van der Waals surface area (Å²) in [4.78, 5) is 23.9. The number of amides is 2. The highest BCUT2D eigenvalue weighted by Crippen LogP contribution is 2.29. The Balaban J connectivity index is 1.59. The smallest absolute Gasteiger partial charge is 0.329 e. The lowest BCUT2D eigenvalue weighted by molar-refractivity contribution is -0.136. The fourth-order valence-corrected chi connectivity index (χ4v) is 2.90. The van der Waals surface area contributed by atoms with Crippen LogP contribution < -0.4 is 10.7 Å². The van der Waals surface area contributed by atoms with E-state index in [0.717, 1.165) is 11.1 Å². The van der Waals surface area contributed by atoms with Gasteiger partial charge in [-0.2, -0.15) is 5.10 Å². The van der Waals surface area contributed by atoms with E-state index in [1.54, 1.807) is 55.5 Å². The second-order valence-corrected chi connectivity index (χ2v) is 7.19. The van der Waals surface area contributed by atoms with Crippen LogP contribution in [0.5, 0.6) is 0 Å². The molecule has 3 aromatic rings. The minimum atomic E-state index is -0.924. The summed E-state index contributed by atoms with van der Waals surface area (Å²) in [6.07, 6.45) is 1.28. The molecule has 9 heteroatoms. The summed E-state index contributed by atoms with van der Waals surface area (Å²) in [6.45, 7) is 1.76. The number of hydrazone groups is 1. The standard InChI is InChI=1S/C20H14Cl3N3O3/c1-11-8-13(21)3-6-17(11)25-19(27)20(28)26-24-10-14-4-7-18(29-14)12-2-5-15(22)16(23)9-12/h2-10H,1H3,(H,25,27)(H,26,28)/b24-10+. The summed E-state index contributed by atoms with van der Waals surface area (Å²) in [5.74, 6) is -0.858. The van der Waals surface area contributed by atoms with E-state index in [1.807, 2.05) is 0 Å². The predicted molar refractivity (Wildman–Crippen MR) is 115 cm³/mol. The maximum Gasteiger partial charge on any atom is 0.329 e. The van der Waals surface area contributed by atoms with Gasteiger partial charge in [-0.15, -0.1) is 0 Å². The van der Waals surface area contributed by atoms with Gasteiger partial charge in [-0.3, -0.25) is 9.59 Å². The van der Waals surface area contributed by atoms with Crippen LogP contribution in [0.25, 0.3) is 11.3 Å². The van der Waals surface area contributed by atoms with Gasteiger partial charge in [-0.25, -0.2) is 5.43 Å². The summed E-state index contributed by atoms with van der Waals surface area (Å²) < 4.78 is 5.61. The Morgan fingerprint density at radius 3 is 2.48 bits per heavy atom. The molecule has 2 aromatic carbocycles. The zero-order valence-corrected chi connectivity index (χ0v) is 17.3. The molecule has 2 N–H and O–H groups in total. The minimum absolute atomic E-state index is 0.375. The van der Waals surface area contributed by atoms with Gasteiger partial charge in [0, 0.05) is 16.3 Å². The zero-order chi connectivity index (χ0) is 21.0. The summed E-state index contributed by atoms with van der Waals surface area (Å²) in [7, 11) is 0. The molecule has 0 atom stereocenters. The van der Waals surface area contributed by atoms with Gasteiger partial charge in [0.1, 0.15) is 11.5 Å². The van der Waals surface area contributed by atoms with Crippen molar-refractivity contribution >= 4 is 58.5 Å². The van der Waals surface area contributed by atoms with E-state index < -0.39 is 11.8 Å². The number of rotatable bonds is 4. The van der Waals surface area contributed by atoms with Crippen LogP contribution in [0.1, 0.15) is 11.3 Å². The van der Waals surface area contributed by atoms with Gasteiger partial charge < -0.3 is 9.73 Å². The number of carbonyl (C=O) groups is 2. The Morgan fingerprint density at radius 1 is 0.966 bits per heavy atom. The average molecular weight is 451 g/mol. The van der Waals surface area contributed by atoms with Gasteiger partial charge in [-0.1, -0.05) is 34.8 Å². The molecule has 0 fully saturated rings. The van der Waals surface area contributed by atoms with Crippen molar-refractivity contribution in [3.63, 3.8) is 0 Å². The number of halogens is 3. The summed E-state index contributed by atoms with van der Waals surface area (Å²) in [6, 6.07) is 13.4. The first-order valence-corrected chi connectivity index (χ1v) is 9.42. The summed E-state index contributed by atoms with van der Waals surface area (Å²) in [5, 5.41) is 7.61. The number of benzene rings is 2. The second kappa shape index (κ2) is 9.13. The van der Waals surface area contributed by atoms with E-state index in [0.29, 0.717) is 32.3 Å². The van der Waals surface area contributed by atoms with E-state index in [-0.39, 0.29) is 0 Å². The van der Waals surface area contributed by atoms with Crippen molar-refractivity contribution in [3.8, 4) is 11.3 Å². The van der Waals surface area contributed by atoms with E-state index >= 15 is 0 Å². The van der Waals surface area contributed by atoms with Gasteiger partial charge in [0.15, 0.2) is 0 Å². The second-order valence-electron chi connectivity index (χ2n) is 5.94. The third kappa shape index (κ3) is 5.38. The van der Waals surface area contributed by atoms with Crippen molar-refractivity contribution < 1.29 is 14.0 Å². The number of anilines is 1. The van der Waals surface area contributed by atoms with Crippen LogP contribution in [0.4, 0.5) is 5.69 Å². The normalized spacial score (nSPS) is 10.9. The zero-order valence-electron chi connectivity index (χ0n) is 15.0. The van der Waals surface area contributed by atoms with Crippen LogP contribution in [-0.2, 0) is 9.59 Å². The molecule has 0 aliphatic rings. The first-order valence-electron chi connectivity index (χ1n) is 8.29. The third-order valence-corrected chi connectivity index (χ3v) is 4.81.